The zero-order valence-electron chi connectivity index (χ0n) is 11.0. The highest BCUT2D eigenvalue weighted by atomic mass is 16.2. The van der Waals surface area contributed by atoms with E-state index in [4.69, 9.17) is 5.73 Å². The van der Waals surface area contributed by atoms with E-state index in [1.165, 1.54) is 0 Å². The molecule has 1 aliphatic rings. The van der Waals surface area contributed by atoms with Crippen molar-refractivity contribution in [3.05, 3.63) is 0 Å². The normalized spacial score (nSPS) is 15.8. The summed E-state index contributed by atoms with van der Waals surface area (Å²) >= 11 is 0. The molecule has 0 aromatic heterocycles. The molecule has 1 saturated heterocycles. The number of imide groups is 1. The lowest BCUT2D eigenvalue weighted by atomic mass is 9.93. The van der Waals surface area contributed by atoms with Gasteiger partial charge in [0.05, 0.1) is 0 Å². The molecule has 1 aliphatic heterocycles. The number of carbonyl (C=O) groups excluding carboxylic acids is 3. The van der Waals surface area contributed by atoms with Crippen molar-refractivity contribution in [2.45, 2.75) is 32.1 Å². The largest absolute Gasteiger partial charge is 0.356 e. The summed E-state index contributed by atoms with van der Waals surface area (Å²) in [4.78, 5) is 33.0. The maximum atomic E-state index is 11.5. The molecule has 0 aliphatic carbocycles. The molecular weight excluding hydrogens is 248 g/mol. The van der Waals surface area contributed by atoms with E-state index in [1.807, 2.05) is 5.32 Å². The lowest BCUT2D eigenvalue weighted by Crippen LogP contribution is -2.37. The van der Waals surface area contributed by atoms with Crippen LogP contribution in [0.5, 0.6) is 0 Å². The van der Waals surface area contributed by atoms with Crippen molar-refractivity contribution in [1.29, 1.82) is 0 Å². The Kier molecular flexibility index (Phi) is 6.88. The molecule has 0 radical (unpaired) electrons. The summed E-state index contributed by atoms with van der Waals surface area (Å²) in [5, 5.41) is 7.88. The highest BCUT2D eigenvalue weighted by Gasteiger charge is 2.14. The average Bonchev–Trinajstić information content (AvgIpc) is 2.36. The second-order valence-electron chi connectivity index (χ2n) is 4.74. The van der Waals surface area contributed by atoms with Gasteiger partial charge in [0.25, 0.3) is 0 Å². The van der Waals surface area contributed by atoms with Gasteiger partial charge in [-0.3, -0.25) is 14.9 Å². The summed E-state index contributed by atoms with van der Waals surface area (Å²) < 4.78 is 0. The SMILES string of the molecule is NC(=O)NC(=O)CCNC(=O)CCC1CCNCC1. The molecule has 0 aromatic rings. The monoisotopic (exact) mass is 270 g/mol. The molecule has 7 heteroatoms. The topological polar surface area (TPSA) is 113 Å². The van der Waals surface area contributed by atoms with Gasteiger partial charge in [0.1, 0.15) is 0 Å². The Morgan fingerprint density at radius 2 is 1.79 bits per heavy atom. The van der Waals surface area contributed by atoms with Gasteiger partial charge >= 0.3 is 6.03 Å². The van der Waals surface area contributed by atoms with Crippen molar-refractivity contribution in [3.63, 3.8) is 0 Å². The highest BCUT2D eigenvalue weighted by molar-refractivity contribution is 5.93. The number of urea groups is 1. The lowest BCUT2D eigenvalue weighted by Gasteiger charge is -2.22. The van der Waals surface area contributed by atoms with Crippen LogP contribution in [0.3, 0.4) is 0 Å². The first kappa shape index (κ1) is 15.4. The fraction of sp³-hybridized carbons (Fsp3) is 0.750. The average molecular weight is 270 g/mol. The van der Waals surface area contributed by atoms with E-state index in [1.54, 1.807) is 0 Å². The summed E-state index contributed by atoms with van der Waals surface area (Å²) in [6.45, 7) is 2.28. The second kappa shape index (κ2) is 8.47. The van der Waals surface area contributed by atoms with Gasteiger partial charge < -0.3 is 16.4 Å². The number of hydrogen-bond acceptors (Lipinski definition) is 4. The van der Waals surface area contributed by atoms with Gasteiger partial charge in [-0.05, 0) is 38.3 Å². The molecule has 4 amide bonds. The van der Waals surface area contributed by atoms with Crippen LogP contribution in [0.25, 0.3) is 0 Å². The number of carbonyl (C=O) groups is 3. The molecule has 0 atom stereocenters. The maximum absolute atomic E-state index is 11.5. The Morgan fingerprint density at radius 1 is 1.11 bits per heavy atom. The van der Waals surface area contributed by atoms with Gasteiger partial charge in [0.15, 0.2) is 0 Å². The zero-order chi connectivity index (χ0) is 14.1. The lowest BCUT2D eigenvalue weighted by molar-refractivity contribution is -0.122. The fourth-order valence-corrected chi connectivity index (χ4v) is 2.11. The third-order valence-corrected chi connectivity index (χ3v) is 3.18. The van der Waals surface area contributed by atoms with Crippen molar-refractivity contribution in [3.8, 4) is 0 Å². The van der Waals surface area contributed by atoms with Crippen molar-refractivity contribution < 1.29 is 14.4 Å². The maximum Gasteiger partial charge on any atom is 0.318 e. The van der Waals surface area contributed by atoms with Crippen molar-refractivity contribution in [2.75, 3.05) is 19.6 Å². The first-order valence-corrected chi connectivity index (χ1v) is 6.64. The van der Waals surface area contributed by atoms with Crippen molar-refractivity contribution in [2.24, 2.45) is 11.7 Å². The fourth-order valence-electron chi connectivity index (χ4n) is 2.11. The highest BCUT2D eigenvalue weighted by Crippen LogP contribution is 2.17. The number of nitrogens with one attached hydrogen (secondary N) is 3. The summed E-state index contributed by atoms with van der Waals surface area (Å²) in [5.41, 5.74) is 4.79. The molecule has 1 heterocycles. The van der Waals surface area contributed by atoms with Gasteiger partial charge in [-0.2, -0.15) is 0 Å². The van der Waals surface area contributed by atoms with E-state index in [-0.39, 0.29) is 18.9 Å². The van der Waals surface area contributed by atoms with Gasteiger partial charge in [-0.25, -0.2) is 4.79 Å². The van der Waals surface area contributed by atoms with Crippen LogP contribution >= 0.6 is 0 Å². The second-order valence-corrected chi connectivity index (χ2v) is 4.74. The third kappa shape index (κ3) is 7.40. The molecule has 7 nitrogen and oxygen atoms in total. The zero-order valence-corrected chi connectivity index (χ0v) is 11.0. The number of nitrogens with two attached hydrogens (primary N) is 1. The van der Waals surface area contributed by atoms with Gasteiger partial charge in [-0.15, -0.1) is 0 Å². The Hall–Kier alpha value is -1.63. The van der Waals surface area contributed by atoms with Crippen LogP contribution < -0.4 is 21.7 Å². The number of hydrogen-bond donors (Lipinski definition) is 4. The van der Waals surface area contributed by atoms with Crippen LogP contribution in [0.2, 0.25) is 0 Å². The molecule has 0 bridgehead atoms. The van der Waals surface area contributed by atoms with Gasteiger partial charge in [0, 0.05) is 19.4 Å². The number of amides is 4. The van der Waals surface area contributed by atoms with Crippen LogP contribution in [0.4, 0.5) is 4.79 Å². The van der Waals surface area contributed by atoms with Crippen LogP contribution in [0, 0.1) is 5.92 Å². The Balaban J connectivity index is 2.04. The Morgan fingerprint density at radius 3 is 2.42 bits per heavy atom. The minimum Gasteiger partial charge on any atom is -0.356 e. The Labute approximate surface area is 112 Å². The number of piperidine rings is 1. The van der Waals surface area contributed by atoms with Crippen LogP contribution in [-0.4, -0.2) is 37.5 Å². The van der Waals surface area contributed by atoms with Crippen LogP contribution in [-0.2, 0) is 9.59 Å². The van der Waals surface area contributed by atoms with E-state index in [0.717, 1.165) is 32.4 Å². The predicted octanol–water partition coefficient (Wildman–Crippen LogP) is -0.533. The molecule has 0 spiro atoms. The molecule has 19 heavy (non-hydrogen) atoms. The number of primary amides is 1. The molecule has 0 saturated carbocycles. The first-order chi connectivity index (χ1) is 9.08. The van der Waals surface area contributed by atoms with Crippen LogP contribution in [0.15, 0.2) is 0 Å². The van der Waals surface area contributed by atoms with Crippen molar-refractivity contribution >= 4 is 17.8 Å². The quantitative estimate of drug-likeness (QED) is 0.519. The molecule has 5 N–H and O–H groups in total. The molecule has 0 aromatic carbocycles. The Bertz CT molecular complexity index is 327. The van der Waals surface area contributed by atoms with E-state index >= 15 is 0 Å². The summed E-state index contributed by atoms with van der Waals surface area (Å²) in [6.07, 6.45) is 3.67. The third-order valence-electron chi connectivity index (χ3n) is 3.18. The van der Waals surface area contributed by atoms with Gasteiger partial charge in [0.2, 0.25) is 11.8 Å². The standard InChI is InChI=1S/C12H22N4O3/c13-12(19)16-11(18)5-8-15-10(17)2-1-9-3-6-14-7-4-9/h9,14H,1-8H2,(H,15,17)(H3,13,16,18,19). The molecule has 1 fully saturated rings. The molecule has 0 unspecified atom stereocenters. The molecular formula is C12H22N4O3. The molecule has 108 valence electrons. The van der Waals surface area contributed by atoms with E-state index in [2.05, 4.69) is 10.6 Å². The van der Waals surface area contributed by atoms with Gasteiger partial charge in [-0.1, -0.05) is 0 Å². The van der Waals surface area contributed by atoms with E-state index < -0.39 is 11.9 Å². The summed E-state index contributed by atoms with van der Waals surface area (Å²) in [6, 6.07) is -0.873. The van der Waals surface area contributed by atoms with Crippen LogP contribution in [0.1, 0.15) is 32.1 Å². The van der Waals surface area contributed by atoms with Crippen molar-refractivity contribution in [1.82, 2.24) is 16.0 Å². The summed E-state index contributed by atoms with van der Waals surface area (Å²) in [7, 11) is 0. The molecule has 1 rings (SSSR count). The minimum atomic E-state index is -0.873. The first-order valence-electron chi connectivity index (χ1n) is 6.64. The number of rotatable bonds is 6. The predicted molar refractivity (Wildman–Crippen MR) is 70.2 cm³/mol. The van der Waals surface area contributed by atoms with E-state index in [9.17, 15) is 14.4 Å². The minimum absolute atomic E-state index is 0.0505. The smallest absolute Gasteiger partial charge is 0.318 e. The van der Waals surface area contributed by atoms with E-state index in [0.29, 0.717) is 12.3 Å². The summed E-state index contributed by atoms with van der Waals surface area (Å²) in [5.74, 6) is 0.0849.